The van der Waals surface area contributed by atoms with Crippen molar-refractivity contribution in [2.75, 3.05) is 0 Å². The Hall–Kier alpha value is -6.85. The number of amidine groups is 2. The minimum atomic E-state index is -0.248. The quantitative estimate of drug-likeness (QED) is 0.135. The number of H-pyrrole nitrogens is 1. The van der Waals surface area contributed by atoms with E-state index >= 15 is 0 Å². The summed E-state index contributed by atoms with van der Waals surface area (Å²) in [6.07, 6.45) is 0. The van der Waals surface area contributed by atoms with Crippen LogP contribution in [0.2, 0.25) is 0 Å². The van der Waals surface area contributed by atoms with Crippen molar-refractivity contribution in [1.82, 2.24) is 9.55 Å². The molecule has 0 radical (unpaired) electrons. The number of aromatic amines is 1. The van der Waals surface area contributed by atoms with E-state index in [1.807, 2.05) is 48.5 Å². The third-order valence-corrected chi connectivity index (χ3v) is 12.2. The molecule has 5 nitrogen and oxygen atoms in total. The minimum Gasteiger partial charge on any atom is -0.355 e. The summed E-state index contributed by atoms with van der Waals surface area (Å²) in [5, 5.41) is 5.01. The van der Waals surface area contributed by atoms with Gasteiger partial charge in [-0.15, -0.1) is 0 Å². The molecule has 57 heavy (non-hydrogen) atoms. The van der Waals surface area contributed by atoms with Crippen molar-refractivity contribution in [2.24, 2.45) is 15.0 Å². The molecule has 0 fully saturated rings. The second kappa shape index (κ2) is 13.1. The van der Waals surface area contributed by atoms with Gasteiger partial charge in [0.1, 0.15) is 0 Å². The third-order valence-electron chi connectivity index (χ3n) is 12.2. The fourth-order valence-electron chi connectivity index (χ4n) is 9.15. The average Bonchev–Trinajstić information content (AvgIpc) is 3.78. The zero-order valence-electron chi connectivity index (χ0n) is 32.7. The molecule has 1 aliphatic carbocycles. The lowest BCUT2D eigenvalue weighted by molar-refractivity contribution is 0.523. The summed E-state index contributed by atoms with van der Waals surface area (Å²) in [4.78, 5) is 18.2. The standard InChI is InChI=1S/C52H43N5/c1-51(2)42-29-40-38-24-13-15-26-47(38)57(48(40)31-44(42)52(3,4)41-28-39-37-23-12-14-25-45(37)55-46(39)30-43(41)51)36-22-16-21-35(27-36)50(54-32-33-17-8-6-9-18-33)56-49(53-5)34-19-10-7-11-20-34/h6-31,55H,5,32H2,1-4H3/b54-50-,56-49-. The third kappa shape index (κ3) is 5.56. The van der Waals surface area contributed by atoms with E-state index in [-0.39, 0.29) is 10.8 Å². The van der Waals surface area contributed by atoms with Gasteiger partial charge in [-0.3, -0.25) is 4.99 Å². The van der Waals surface area contributed by atoms with Crippen LogP contribution in [0.25, 0.3) is 49.3 Å². The Morgan fingerprint density at radius 3 is 1.89 bits per heavy atom. The molecule has 0 atom stereocenters. The fraction of sp³-hybridized carbons (Fsp3) is 0.135. The van der Waals surface area contributed by atoms with Crippen molar-refractivity contribution in [3.63, 3.8) is 0 Å². The number of para-hydroxylation sites is 2. The first-order valence-corrected chi connectivity index (χ1v) is 19.7. The maximum Gasteiger partial charge on any atom is 0.161 e. The van der Waals surface area contributed by atoms with Crippen molar-refractivity contribution in [2.45, 2.75) is 45.1 Å². The molecule has 0 saturated heterocycles. The van der Waals surface area contributed by atoms with Gasteiger partial charge in [-0.2, -0.15) is 0 Å². The molecule has 7 aromatic carbocycles. The van der Waals surface area contributed by atoms with E-state index in [9.17, 15) is 0 Å². The number of hydrogen-bond acceptors (Lipinski definition) is 1. The van der Waals surface area contributed by atoms with Crippen LogP contribution in [0.5, 0.6) is 0 Å². The monoisotopic (exact) mass is 737 g/mol. The molecule has 0 bridgehead atoms. The lowest BCUT2D eigenvalue weighted by atomic mass is 9.59. The fourth-order valence-corrected chi connectivity index (χ4v) is 9.15. The molecule has 0 unspecified atom stereocenters. The van der Waals surface area contributed by atoms with Crippen LogP contribution in [-0.2, 0) is 17.4 Å². The molecule has 10 rings (SSSR count). The highest BCUT2D eigenvalue weighted by Crippen LogP contribution is 2.53. The van der Waals surface area contributed by atoms with E-state index in [2.05, 4.69) is 158 Å². The molecule has 2 aromatic heterocycles. The summed E-state index contributed by atoms with van der Waals surface area (Å²) in [7, 11) is 0. The molecular formula is C52H43N5. The largest absolute Gasteiger partial charge is 0.355 e. The molecule has 1 aliphatic rings. The van der Waals surface area contributed by atoms with Gasteiger partial charge in [0.25, 0.3) is 0 Å². The first-order chi connectivity index (χ1) is 27.7. The number of nitrogens with zero attached hydrogens (tertiary/aromatic N) is 4. The Morgan fingerprint density at radius 1 is 0.526 bits per heavy atom. The molecule has 0 saturated carbocycles. The van der Waals surface area contributed by atoms with E-state index in [0.717, 1.165) is 27.9 Å². The van der Waals surface area contributed by atoms with Gasteiger partial charge in [0.2, 0.25) is 0 Å². The number of aromatic nitrogens is 2. The van der Waals surface area contributed by atoms with Gasteiger partial charge >= 0.3 is 0 Å². The SMILES string of the molecule is C=N/C(=N\C(=N/Cc1ccccc1)c1cccc(-n2c3ccccc3c3cc4c(cc32)C(C)(C)c2cc3c(cc2C4(C)C)[nH]c2ccccc23)c1)c1ccccc1. The van der Waals surface area contributed by atoms with Crippen molar-refractivity contribution in [1.29, 1.82) is 0 Å². The highest BCUT2D eigenvalue weighted by molar-refractivity contribution is 6.14. The average molecular weight is 738 g/mol. The number of hydrogen-bond donors (Lipinski definition) is 1. The maximum atomic E-state index is 5.11. The van der Waals surface area contributed by atoms with E-state index in [4.69, 9.17) is 9.98 Å². The van der Waals surface area contributed by atoms with Gasteiger partial charge in [-0.05, 0) is 83.1 Å². The lowest BCUT2D eigenvalue weighted by Crippen LogP contribution is -2.36. The van der Waals surface area contributed by atoms with Crippen LogP contribution in [0, 0.1) is 0 Å². The van der Waals surface area contributed by atoms with Gasteiger partial charge in [-0.25, -0.2) is 9.98 Å². The Kier molecular flexibility index (Phi) is 7.98. The predicted molar refractivity (Wildman–Crippen MR) is 240 cm³/mol. The Morgan fingerprint density at radius 2 is 1.14 bits per heavy atom. The van der Waals surface area contributed by atoms with E-state index in [0.29, 0.717) is 18.2 Å². The number of rotatable bonds is 5. The molecule has 0 spiro atoms. The number of benzene rings is 7. The summed E-state index contributed by atoms with van der Waals surface area (Å²) < 4.78 is 2.41. The van der Waals surface area contributed by atoms with Crippen molar-refractivity contribution >= 4 is 62.0 Å². The highest BCUT2D eigenvalue weighted by Gasteiger charge is 2.42. The normalized spacial score (nSPS) is 14.9. The number of fused-ring (bicyclic) bond motifs is 8. The molecular weight excluding hydrogens is 695 g/mol. The summed E-state index contributed by atoms with van der Waals surface area (Å²) in [5.41, 5.74) is 13.7. The molecule has 5 heteroatoms. The molecule has 0 amide bonds. The second-order valence-electron chi connectivity index (χ2n) is 16.3. The molecule has 1 N–H and O–H groups in total. The summed E-state index contributed by atoms with van der Waals surface area (Å²) >= 11 is 0. The predicted octanol–water partition coefficient (Wildman–Crippen LogP) is 12.5. The van der Waals surface area contributed by atoms with Gasteiger partial charge < -0.3 is 9.55 Å². The van der Waals surface area contributed by atoms with Gasteiger partial charge in [-0.1, -0.05) is 137 Å². The Bertz CT molecular complexity index is 3100. The zero-order chi connectivity index (χ0) is 38.9. The van der Waals surface area contributed by atoms with Crippen LogP contribution in [-0.4, -0.2) is 27.9 Å². The lowest BCUT2D eigenvalue weighted by Gasteiger charge is -2.44. The first-order valence-electron chi connectivity index (χ1n) is 19.7. The van der Waals surface area contributed by atoms with Gasteiger partial charge in [0.15, 0.2) is 11.7 Å². The zero-order valence-corrected chi connectivity index (χ0v) is 32.7. The van der Waals surface area contributed by atoms with Crippen LogP contribution < -0.4 is 0 Å². The van der Waals surface area contributed by atoms with Gasteiger partial charge in [0, 0.05) is 60.2 Å². The topological polar surface area (TPSA) is 57.8 Å². The summed E-state index contributed by atoms with van der Waals surface area (Å²) in [5.74, 6) is 1.14. The molecule has 0 aliphatic heterocycles. The highest BCUT2D eigenvalue weighted by atomic mass is 15.0. The Balaban J connectivity index is 1.17. The minimum absolute atomic E-state index is 0.221. The van der Waals surface area contributed by atoms with E-state index < -0.39 is 0 Å². The Labute approximate surface area is 332 Å². The summed E-state index contributed by atoms with van der Waals surface area (Å²) in [6, 6.07) is 56.1. The van der Waals surface area contributed by atoms with E-state index in [1.165, 1.54) is 60.3 Å². The second-order valence-corrected chi connectivity index (χ2v) is 16.3. The molecule has 9 aromatic rings. The van der Waals surface area contributed by atoms with E-state index in [1.54, 1.807) is 0 Å². The van der Waals surface area contributed by atoms with Crippen LogP contribution in [0.3, 0.4) is 0 Å². The summed E-state index contributed by atoms with van der Waals surface area (Å²) in [6.45, 7) is 13.9. The number of nitrogens with one attached hydrogen (secondary N) is 1. The van der Waals surface area contributed by atoms with Gasteiger partial charge in [0.05, 0.1) is 17.6 Å². The maximum absolute atomic E-state index is 5.11. The molecule has 2 heterocycles. The van der Waals surface area contributed by atoms with Crippen LogP contribution in [0.15, 0.2) is 173 Å². The van der Waals surface area contributed by atoms with Crippen LogP contribution in [0.1, 0.15) is 66.6 Å². The van der Waals surface area contributed by atoms with Crippen LogP contribution in [0.4, 0.5) is 0 Å². The van der Waals surface area contributed by atoms with Crippen LogP contribution >= 0.6 is 0 Å². The van der Waals surface area contributed by atoms with Crippen molar-refractivity contribution in [3.05, 3.63) is 197 Å². The van der Waals surface area contributed by atoms with Crippen molar-refractivity contribution < 1.29 is 0 Å². The van der Waals surface area contributed by atoms with Crippen molar-refractivity contribution in [3.8, 4) is 5.69 Å². The first kappa shape index (κ1) is 34.6. The number of aliphatic imine (C=N–C) groups is 3. The molecule has 276 valence electrons. The smallest absolute Gasteiger partial charge is 0.161 e.